The van der Waals surface area contributed by atoms with Crippen LogP contribution in [0.5, 0.6) is 0 Å². The van der Waals surface area contributed by atoms with Gasteiger partial charge in [0.2, 0.25) is 0 Å². The summed E-state index contributed by atoms with van der Waals surface area (Å²) in [6.07, 6.45) is 3.53. The maximum Gasteiger partial charge on any atom is 0.256 e. The Balaban J connectivity index is 2.02. The van der Waals surface area contributed by atoms with Crippen molar-refractivity contribution in [2.75, 3.05) is 26.7 Å². The predicted molar refractivity (Wildman–Crippen MR) is 65.3 cm³/mol. The van der Waals surface area contributed by atoms with E-state index in [9.17, 15) is 9.59 Å². The summed E-state index contributed by atoms with van der Waals surface area (Å²) in [5, 5.41) is 0. The molecule has 0 atom stereocenters. The summed E-state index contributed by atoms with van der Waals surface area (Å²) in [4.78, 5) is 27.2. The van der Waals surface area contributed by atoms with Crippen LogP contribution in [-0.2, 0) is 9.59 Å². The number of rotatable bonds is 2. The van der Waals surface area contributed by atoms with Crippen LogP contribution in [-0.4, -0.2) is 48.3 Å². The molecule has 4 heteroatoms. The molecule has 2 rings (SSSR count). The highest BCUT2D eigenvalue weighted by atomic mass is 16.2. The molecule has 1 saturated heterocycles. The van der Waals surface area contributed by atoms with Gasteiger partial charge in [-0.1, -0.05) is 6.92 Å². The molecule has 0 aromatic rings. The van der Waals surface area contributed by atoms with Crippen LogP contribution in [0.2, 0.25) is 0 Å². The van der Waals surface area contributed by atoms with Crippen molar-refractivity contribution in [1.82, 2.24) is 9.80 Å². The van der Waals surface area contributed by atoms with E-state index in [0.29, 0.717) is 12.1 Å². The second-order valence-corrected chi connectivity index (χ2v) is 5.67. The number of piperidine rings is 1. The third kappa shape index (κ3) is 2.41. The van der Waals surface area contributed by atoms with Crippen LogP contribution in [0.25, 0.3) is 0 Å². The molecular weight excluding hydrogens is 216 g/mol. The molecule has 0 bridgehead atoms. The topological polar surface area (TPSA) is 40.6 Å². The summed E-state index contributed by atoms with van der Waals surface area (Å²) in [5.74, 6) is -0.261. The van der Waals surface area contributed by atoms with Crippen LogP contribution in [0.15, 0.2) is 11.6 Å². The number of likely N-dealkylation sites (tertiary alicyclic amines) is 1. The summed E-state index contributed by atoms with van der Waals surface area (Å²) in [7, 11) is 2.11. The van der Waals surface area contributed by atoms with Gasteiger partial charge in [-0.05, 0) is 45.3 Å². The van der Waals surface area contributed by atoms with Gasteiger partial charge in [-0.25, -0.2) is 0 Å². The van der Waals surface area contributed by atoms with Crippen molar-refractivity contribution in [2.24, 2.45) is 5.41 Å². The predicted octanol–water partition coefficient (Wildman–Crippen LogP) is 1.03. The van der Waals surface area contributed by atoms with Crippen LogP contribution in [0.3, 0.4) is 0 Å². The van der Waals surface area contributed by atoms with Crippen LogP contribution in [0, 0.1) is 5.41 Å². The molecule has 1 fully saturated rings. The van der Waals surface area contributed by atoms with Crippen LogP contribution in [0.4, 0.5) is 0 Å². The Morgan fingerprint density at radius 1 is 1.29 bits per heavy atom. The normalized spacial score (nSPS) is 25.4. The highest BCUT2D eigenvalue weighted by Crippen LogP contribution is 2.32. The van der Waals surface area contributed by atoms with Gasteiger partial charge in [0.15, 0.2) is 0 Å². The van der Waals surface area contributed by atoms with E-state index >= 15 is 0 Å². The van der Waals surface area contributed by atoms with Crippen molar-refractivity contribution in [3.8, 4) is 0 Å². The third-order valence-corrected chi connectivity index (χ3v) is 3.92. The largest absolute Gasteiger partial charge is 0.306 e. The van der Waals surface area contributed by atoms with Gasteiger partial charge < -0.3 is 4.90 Å². The van der Waals surface area contributed by atoms with Gasteiger partial charge in [0.1, 0.15) is 0 Å². The maximum atomic E-state index is 11.8. The van der Waals surface area contributed by atoms with E-state index in [0.717, 1.165) is 25.9 Å². The zero-order valence-corrected chi connectivity index (χ0v) is 10.8. The SMILES string of the molecule is CC1=CC(=O)N(CC2(C)CCN(C)CC2)C1=O. The van der Waals surface area contributed by atoms with E-state index in [1.165, 1.54) is 11.0 Å². The fourth-order valence-corrected chi connectivity index (χ4v) is 2.49. The highest BCUT2D eigenvalue weighted by Gasteiger charge is 2.37. The molecular formula is C13H20N2O2. The molecule has 0 aromatic carbocycles. The van der Waals surface area contributed by atoms with Gasteiger partial charge in [0, 0.05) is 18.2 Å². The quantitative estimate of drug-likeness (QED) is 0.672. The summed E-state index contributed by atoms with van der Waals surface area (Å²) >= 11 is 0. The first-order valence-corrected chi connectivity index (χ1v) is 6.14. The van der Waals surface area contributed by atoms with Gasteiger partial charge >= 0.3 is 0 Å². The van der Waals surface area contributed by atoms with Crippen molar-refractivity contribution in [1.29, 1.82) is 0 Å². The maximum absolute atomic E-state index is 11.8. The first kappa shape index (κ1) is 12.3. The molecule has 94 valence electrons. The molecule has 2 aliphatic heterocycles. The zero-order chi connectivity index (χ0) is 12.6. The molecule has 0 N–H and O–H groups in total. The molecule has 2 aliphatic rings. The molecule has 2 heterocycles. The molecule has 0 saturated carbocycles. The Bertz CT molecular complexity index is 379. The van der Waals surface area contributed by atoms with Crippen LogP contribution < -0.4 is 0 Å². The molecule has 2 amide bonds. The van der Waals surface area contributed by atoms with E-state index in [4.69, 9.17) is 0 Å². The lowest BCUT2D eigenvalue weighted by molar-refractivity contribution is -0.139. The standard InChI is InChI=1S/C13H20N2O2/c1-10-8-11(16)15(12(10)17)9-13(2)4-6-14(3)7-5-13/h8H,4-7,9H2,1-3H3. The van der Waals surface area contributed by atoms with Crippen molar-refractivity contribution in [2.45, 2.75) is 26.7 Å². The molecule has 4 nitrogen and oxygen atoms in total. The lowest BCUT2D eigenvalue weighted by atomic mass is 9.80. The van der Waals surface area contributed by atoms with Crippen molar-refractivity contribution >= 4 is 11.8 Å². The average Bonchev–Trinajstić information content (AvgIpc) is 2.50. The summed E-state index contributed by atoms with van der Waals surface area (Å²) in [6, 6.07) is 0. The minimum absolute atomic E-state index is 0.0797. The number of hydrogen-bond donors (Lipinski definition) is 0. The average molecular weight is 236 g/mol. The lowest BCUT2D eigenvalue weighted by Crippen LogP contribution is -2.45. The van der Waals surface area contributed by atoms with Gasteiger partial charge in [0.05, 0.1) is 0 Å². The second-order valence-electron chi connectivity index (χ2n) is 5.67. The van der Waals surface area contributed by atoms with Crippen molar-refractivity contribution in [3.05, 3.63) is 11.6 Å². The molecule has 0 spiro atoms. The third-order valence-electron chi connectivity index (χ3n) is 3.92. The number of amides is 2. The summed E-state index contributed by atoms with van der Waals surface area (Å²) < 4.78 is 0. The molecule has 0 aliphatic carbocycles. The number of hydrogen-bond acceptors (Lipinski definition) is 3. The van der Waals surface area contributed by atoms with E-state index in [2.05, 4.69) is 18.9 Å². The fourth-order valence-electron chi connectivity index (χ4n) is 2.49. The van der Waals surface area contributed by atoms with Crippen molar-refractivity contribution < 1.29 is 9.59 Å². The van der Waals surface area contributed by atoms with Gasteiger partial charge in [-0.2, -0.15) is 0 Å². The summed E-state index contributed by atoms with van der Waals surface area (Å²) in [5.41, 5.74) is 0.641. The smallest absolute Gasteiger partial charge is 0.256 e. The minimum atomic E-state index is -0.146. The molecule has 0 aromatic heterocycles. The monoisotopic (exact) mass is 236 g/mol. The molecule has 17 heavy (non-hydrogen) atoms. The molecule has 0 radical (unpaired) electrons. The lowest BCUT2D eigenvalue weighted by Gasteiger charge is -2.39. The number of imide groups is 1. The molecule has 0 unspecified atom stereocenters. The van der Waals surface area contributed by atoms with Gasteiger partial charge in [-0.15, -0.1) is 0 Å². The van der Waals surface area contributed by atoms with Crippen LogP contribution in [0.1, 0.15) is 26.7 Å². The first-order chi connectivity index (χ1) is 7.91. The number of nitrogens with zero attached hydrogens (tertiary/aromatic N) is 2. The Morgan fingerprint density at radius 3 is 2.35 bits per heavy atom. The second kappa shape index (κ2) is 4.26. The number of carbonyl (C=O) groups is 2. The van der Waals surface area contributed by atoms with E-state index in [1.54, 1.807) is 6.92 Å². The Kier molecular flexibility index (Phi) is 3.08. The van der Waals surface area contributed by atoms with E-state index < -0.39 is 0 Å². The highest BCUT2D eigenvalue weighted by molar-refractivity contribution is 6.15. The fraction of sp³-hybridized carbons (Fsp3) is 0.692. The number of carbonyl (C=O) groups excluding carboxylic acids is 2. The summed E-state index contributed by atoms with van der Waals surface area (Å²) in [6.45, 7) is 6.52. The van der Waals surface area contributed by atoms with Gasteiger partial charge in [0.25, 0.3) is 11.8 Å². The van der Waals surface area contributed by atoms with E-state index in [-0.39, 0.29) is 17.2 Å². The Morgan fingerprint density at radius 2 is 1.88 bits per heavy atom. The van der Waals surface area contributed by atoms with Crippen molar-refractivity contribution in [3.63, 3.8) is 0 Å². The first-order valence-electron chi connectivity index (χ1n) is 6.14. The Labute approximate surface area is 102 Å². The van der Waals surface area contributed by atoms with E-state index in [1.807, 2.05) is 0 Å². The van der Waals surface area contributed by atoms with Gasteiger partial charge in [-0.3, -0.25) is 14.5 Å². The van der Waals surface area contributed by atoms with Crippen LogP contribution >= 0.6 is 0 Å². The Hall–Kier alpha value is -1.16. The zero-order valence-electron chi connectivity index (χ0n) is 10.8. The minimum Gasteiger partial charge on any atom is -0.306 e.